The molecule has 0 heterocycles. The maximum atomic E-state index is 11.7. The van der Waals surface area contributed by atoms with Crippen LogP contribution in [0.25, 0.3) is 0 Å². The molecule has 1 nitrogen and oxygen atoms in total. The first-order valence-electron chi connectivity index (χ1n) is 4.12. The molecule has 0 fully saturated rings. The number of rotatable bonds is 3. The van der Waals surface area contributed by atoms with Crippen LogP contribution in [0.5, 0.6) is 0 Å². The van der Waals surface area contributed by atoms with Crippen molar-refractivity contribution in [1.29, 1.82) is 0 Å². The molecule has 0 aliphatic rings. The second kappa shape index (κ2) is 3.85. The van der Waals surface area contributed by atoms with Crippen LogP contribution >= 0.6 is 0 Å². The van der Waals surface area contributed by atoms with E-state index in [9.17, 15) is 4.21 Å². The highest BCUT2D eigenvalue weighted by Crippen LogP contribution is 2.10. The molecule has 0 saturated carbocycles. The van der Waals surface area contributed by atoms with Gasteiger partial charge in [-0.25, -0.2) is 0 Å². The minimum atomic E-state index is -1.62. The van der Waals surface area contributed by atoms with Crippen LogP contribution in [0.1, 0.15) is 12.5 Å². The lowest BCUT2D eigenvalue weighted by Gasteiger charge is -2.03. The van der Waals surface area contributed by atoms with E-state index in [2.05, 4.69) is 0 Å². The summed E-state index contributed by atoms with van der Waals surface area (Å²) in [5.74, 6) is 1.48. The average molecular weight is 183 g/mol. The predicted molar refractivity (Wildman–Crippen MR) is 54.7 cm³/mol. The lowest BCUT2D eigenvalue weighted by atomic mass is 10.2. The van der Waals surface area contributed by atoms with Gasteiger partial charge in [-0.2, -0.15) is 0 Å². The molecule has 0 radical (unpaired) electrons. The highest BCUT2D eigenvalue weighted by Gasteiger charge is 2.17. The lowest BCUT2D eigenvalue weighted by Crippen LogP contribution is -2.13. The minimum Gasteiger partial charge on any atom is -0.106 e. The van der Waals surface area contributed by atoms with Crippen LogP contribution in [0.4, 0.5) is 0 Å². The summed E-state index contributed by atoms with van der Waals surface area (Å²) >= 11 is 0. The third kappa shape index (κ3) is 2.78. The third-order valence-electron chi connectivity index (χ3n) is 1.93. The molecule has 0 aliphatic carbocycles. The summed E-state index contributed by atoms with van der Waals surface area (Å²) in [6.45, 7) is 1.98. The van der Waals surface area contributed by atoms with Gasteiger partial charge >= 0.3 is 0 Å². The van der Waals surface area contributed by atoms with E-state index in [-0.39, 0.29) is 0 Å². The van der Waals surface area contributed by atoms with Gasteiger partial charge in [0.15, 0.2) is 0 Å². The monoisotopic (exact) mass is 183 g/mol. The number of benzene rings is 1. The van der Waals surface area contributed by atoms with Crippen molar-refractivity contribution in [3.8, 4) is 0 Å². The topological polar surface area (TPSA) is 17.1 Å². The molecule has 1 unspecified atom stereocenters. The smallest absolute Gasteiger partial charge is 0.106 e. The first-order chi connectivity index (χ1) is 5.64. The van der Waals surface area contributed by atoms with Crippen molar-refractivity contribution in [1.82, 2.24) is 0 Å². The van der Waals surface area contributed by atoms with Gasteiger partial charge < -0.3 is 0 Å². The largest absolute Gasteiger partial charge is 0.137 e. The maximum Gasteiger partial charge on any atom is 0.137 e. The summed E-state index contributed by atoms with van der Waals surface area (Å²) in [4.78, 5) is 0. The first kappa shape index (κ1) is 9.46. The second-order valence-corrected chi connectivity index (χ2v) is 6.34. The highest BCUT2D eigenvalue weighted by atomic mass is 32.2. The van der Waals surface area contributed by atoms with Gasteiger partial charge in [-0.3, -0.25) is 0 Å². The molecule has 0 N–H and O–H groups in total. The normalized spacial score (nSPS) is 15.5. The van der Waals surface area contributed by atoms with E-state index >= 15 is 0 Å². The molecular formula is C10H15OS+. The molecular weight excluding hydrogens is 168 g/mol. The summed E-state index contributed by atoms with van der Waals surface area (Å²) in [5, 5.41) is 0. The molecule has 66 valence electrons. The fraction of sp³-hybridized carbons (Fsp3) is 0.400. The summed E-state index contributed by atoms with van der Waals surface area (Å²) in [7, 11) is -1.62. The molecule has 1 rings (SSSR count). The molecule has 1 aromatic carbocycles. The fourth-order valence-corrected chi connectivity index (χ4v) is 2.13. The second-order valence-electron chi connectivity index (χ2n) is 3.10. The van der Waals surface area contributed by atoms with Crippen LogP contribution in [-0.4, -0.2) is 12.0 Å². The molecule has 0 saturated heterocycles. The lowest BCUT2D eigenvalue weighted by molar-refractivity contribution is 0.588. The molecule has 1 atom stereocenters. The molecule has 0 aliphatic heterocycles. The van der Waals surface area contributed by atoms with Crippen LogP contribution < -0.4 is 0 Å². The zero-order valence-electron chi connectivity index (χ0n) is 7.62. The van der Waals surface area contributed by atoms with Gasteiger partial charge in [-0.05, 0) is 6.92 Å². The van der Waals surface area contributed by atoms with Crippen LogP contribution in [0.15, 0.2) is 30.3 Å². The van der Waals surface area contributed by atoms with Gasteiger partial charge in [0, 0.05) is 5.56 Å². The van der Waals surface area contributed by atoms with Gasteiger partial charge in [0.2, 0.25) is 0 Å². The Balaban J connectivity index is 2.71. The highest BCUT2D eigenvalue weighted by molar-refractivity contribution is 8.01. The zero-order valence-corrected chi connectivity index (χ0v) is 8.43. The molecule has 0 bridgehead atoms. The van der Waals surface area contributed by atoms with E-state index < -0.39 is 9.93 Å². The summed E-state index contributed by atoms with van der Waals surface area (Å²) < 4.78 is 11.7. The van der Waals surface area contributed by atoms with E-state index in [0.29, 0.717) is 5.75 Å². The van der Waals surface area contributed by atoms with Gasteiger partial charge in [0.25, 0.3) is 0 Å². The van der Waals surface area contributed by atoms with Crippen molar-refractivity contribution in [2.24, 2.45) is 0 Å². The molecule has 0 aromatic heterocycles. The predicted octanol–water partition coefficient (Wildman–Crippen LogP) is 2.34. The average Bonchev–Trinajstić information content (AvgIpc) is 2.06. The first-order valence-corrected chi connectivity index (χ1v) is 6.43. The van der Waals surface area contributed by atoms with E-state index in [1.165, 1.54) is 5.56 Å². The quantitative estimate of drug-likeness (QED) is 0.657. The minimum absolute atomic E-state index is 0.713. The standard InChI is InChI=1S/C10H15OS/c1-3-12(2,11)9-10-7-5-4-6-8-10/h4-8H,3,9H2,1-2H3/q+1. The molecule has 0 amide bonds. The maximum absolute atomic E-state index is 11.7. The van der Waals surface area contributed by atoms with Crippen LogP contribution in [0, 0.1) is 0 Å². The van der Waals surface area contributed by atoms with Crippen LogP contribution in [-0.2, 0) is 19.9 Å². The van der Waals surface area contributed by atoms with Gasteiger partial charge in [-0.1, -0.05) is 30.3 Å². The fourth-order valence-electron chi connectivity index (χ4n) is 1.03. The van der Waals surface area contributed by atoms with E-state index in [4.69, 9.17) is 0 Å². The Labute approximate surface area is 75.2 Å². The Bertz CT molecular complexity index is 279. The molecule has 12 heavy (non-hydrogen) atoms. The third-order valence-corrected chi connectivity index (χ3v) is 4.09. The zero-order chi connectivity index (χ0) is 9.03. The van der Waals surface area contributed by atoms with E-state index in [1.54, 1.807) is 0 Å². The summed E-state index contributed by atoms with van der Waals surface area (Å²) in [6, 6.07) is 10.0. The Morgan fingerprint density at radius 2 is 1.83 bits per heavy atom. The SMILES string of the molecule is CC[S+](C)(=O)Cc1ccccc1. The molecule has 0 spiro atoms. The van der Waals surface area contributed by atoms with Crippen LogP contribution in [0.2, 0.25) is 0 Å². The van der Waals surface area contributed by atoms with Crippen molar-refractivity contribution in [2.75, 3.05) is 12.0 Å². The van der Waals surface area contributed by atoms with E-state index in [1.807, 2.05) is 43.5 Å². The number of hydrogen-bond donors (Lipinski definition) is 0. The number of hydrogen-bond acceptors (Lipinski definition) is 1. The summed E-state index contributed by atoms with van der Waals surface area (Å²) in [5.41, 5.74) is 1.17. The summed E-state index contributed by atoms with van der Waals surface area (Å²) in [6.07, 6.45) is 1.85. The van der Waals surface area contributed by atoms with Crippen LogP contribution in [0.3, 0.4) is 0 Å². The van der Waals surface area contributed by atoms with Crippen molar-refractivity contribution < 1.29 is 4.21 Å². The van der Waals surface area contributed by atoms with Crippen molar-refractivity contribution in [3.63, 3.8) is 0 Å². The van der Waals surface area contributed by atoms with Crippen molar-refractivity contribution >= 4 is 9.93 Å². The van der Waals surface area contributed by atoms with Crippen molar-refractivity contribution in [2.45, 2.75) is 12.7 Å². The Kier molecular flexibility index (Phi) is 3.04. The molecule has 2 heteroatoms. The van der Waals surface area contributed by atoms with Gasteiger partial charge in [0.05, 0.1) is 9.93 Å². The van der Waals surface area contributed by atoms with Gasteiger partial charge in [-0.15, -0.1) is 4.21 Å². The Morgan fingerprint density at radius 3 is 2.33 bits per heavy atom. The Morgan fingerprint density at radius 1 is 1.25 bits per heavy atom. The molecule has 1 aromatic rings. The van der Waals surface area contributed by atoms with E-state index in [0.717, 1.165) is 5.75 Å². The van der Waals surface area contributed by atoms with Gasteiger partial charge in [0.1, 0.15) is 17.8 Å². The Hall–Kier alpha value is -0.630. The van der Waals surface area contributed by atoms with Crippen molar-refractivity contribution in [3.05, 3.63) is 35.9 Å².